The highest BCUT2D eigenvalue weighted by molar-refractivity contribution is 5.78. The summed E-state index contributed by atoms with van der Waals surface area (Å²) in [6.45, 7) is 4.30. The third-order valence-corrected chi connectivity index (χ3v) is 6.17. The summed E-state index contributed by atoms with van der Waals surface area (Å²) in [6, 6.07) is 8.20. The molecule has 0 unspecified atom stereocenters. The summed E-state index contributed by atoms with van der Waals surface area (Å²) in [4.78, 5) is 28.7. The Hall–Kier alpha value is -2.90. The Morgan fingerprint density at radius 3 is 2.39 bits per heavy atom. The molecule has 0 bridgehead atoms. The van der Waals surface area contributed by atoms with Crippen LogP contribution in [-0.4, -0.2) is 64.2 Å². The van der Waals surface area contributed by atoms with Crippen LogP contribution < -0.4 is 5.32 Å². The number of piperazine rings is 1. The van der Waals surface area contributed by atoms with Gasteiger partial charge in [-0.15, -0.1) is 10.2 Å². The Balaban J connectivity index is 1.20. The van der Waals surface area contributed by atoms with Crippen molar-refractivity contribution in [2.45, 2.75) is 57.9 Å². The number of rotatable bonds is 5. The van der Waals surface area contributed by atoms with E-state index in [1.54, 1.807) is 0 Å². The van der Waals surface area contributed by atoms with Crippen LogP contribution in [0.4, 0.5) is 4.79 Å². The van der Waals surface area contributed by atoms with E-state index in [1.165, 1.54) is 24.8 Å². The van der Waals surface area contributed by atoms with Gasteiger partial charge in [-0.1, -0.05) is 37.0 Å². The van der Waals surface area contributed by atoms with Crippen LogP contribution in [-0.2, 0) is 11.2 Å². The molecule has 1 aromatic carbocycles. The van der Waals surface area contributed by atoms with Crippen molar-refractivity contribution in [2.24, 2.45) is 0 Å². The Labute approximate surface area is 183 Å². The fourth-order valence-corrected chi connectivity index (χ4v) is 4.21. The van der Waals surface area contributed by atoms with Gasteiger partial charge in [0.25, 0.3) is 0 Å². The van der Waals surface area contributed by atoms with E-state index in [0.29, 0.717) is 56.8 Å². The molecule has 2 aromatic rings. The Bertz CT molecular complexity index is 881. The van der Waals surface area contributed by atoms with Crippen LogP contribution in [0.25, 0.3) is 11.5 Å². The summed E-state index contributed by atoms with van der Waals surface area (Å²) in [7, 11) is 0. The number of nitrogens with zero attached hydrogens (tertiary/aromatic N) is 4. The van der Waals surface area contributed by atoms with Gasteiger partial charge in [0.1, 0.15) is 0 Å². The van der Waals surface area contributed by atoms with Crippen LogP contribution in [0.3, 0.4) is 0 Å². The highest BCUT2D eigenvalue weighted by Gasteiger charge is 2.26. The van der Waals surface area contributed by atoms with Gasteiger partial charge in [-0.2, -0.15) is 0 Å². The van der Waals surface area contributed by atoms with Gasteiger partial charge < -0.3 is 19.5 Å². The number of aromatic nitrogens is 2. The van der Waals surface area contributed by atoms with Crippen LogP contribution in [0.1, 0.15) is 50.0 Å². The normalized spacial score (nSPS) is 17.6. The molecule has 1 aliphatic carbocycles. The van der Waals surface area contributed by atoms with E-state index < -0.39 is 0 Å². The van der Waals surface area contributed by atoms with Gasteiger partial charge >= 0.3 is 6.03 Å². The van der Waals surface area contributed by atoms with Crippen LogP contribution in [0, 0.1) is 6.92 Å². The second kappa shape index (κ2) is 9.94. The number of benzene rings is 1. The minimum Gasteiger partial charge on any atom is -0.421 e. The van der Waals surface area contributed by atoms with Crippen molar-refractivity contribution in [1.82, 2.24) is 25.3 Å². The quantitative estimate of drug-likeness (QED) is 0.794. The van der Waals surface area contributed by atoms with Crippen LogP contribution in [0.2, 0.25) is 0 Å². The zero-order chi connectivity index (χ0) is 21.6. The van der Waals surface area contributed by atoms with Gasteiger partial charge in [-0.05, 0) is 31.9 Å². The SMILES string of the molecule is Cc1ccc(-c2nnc(CCC(=O)N3CCN(C(=O)NC4CCCCC4)CC3)o2)cc1. The van der Waals surface area contributed by atoms with Gasteiger partial charge in [0, 0.05) is 50.6 Å². The molecule has 8 nitrogen and oxygen atoms in total. The predicted octanol–water partition coefficient (Wildman–Crippen LogP) is 3.16. The first-order chi connectivity index (χ1) is 15.1. The number of hydrogen-bond donors (Lipinski definition) is 1. The lowest BCUT2D eigenvalue weighted by Crippen LogP contribution is -2.54. The van der Waals surface area contributed by atoms with Gasteiger partial charge in [-0.3, -0.25) is 4.79 Å². The van der Waals surface area contributed by atoms with Gasteiger partial charge in [0.15, 0.2) is 0 Å². The number of aryl methyl sites for hydroxylation is 2. The third kappa shape index (κ3) is 5.62. The highest BCUT2D eigenvalue weighted by Crippen LogP contribution is 2.20. The molecular formula is C23H31N5O3. The third-order valence-electron chi connectivity index (χ3n) is 6.17. The fraction of sp³-hybridized carbons (Fsp3) is 0.565. The Morgan fingerprint density at radius 1 is 1.00 bits per heavy atom. The highest BCUT2D eigenvalue weighted by atomic mass is 16.4. The standard InChI is InChI=1S/C23H31N5O3/c1-17-7-9-18(10-8-17)22-26-25-20(31-22)11-12-21(29)27-13-15-28(16-14-27)23(30)24-19-5-3-2-4-6-19/h7-10,19H,2-6,11-16H2,1H3,(H,24,30). The molecule has 8 heteroatoms. The van der Waals surface area contributed by atoms with Gasteiger partial charge in [0.2, 0.25) is 17.7 Å². The molecule has 1 saturated carbocycles. The van der Waals surface area contributed by atoms with Crippen molar-refractivity contribution in [1.29, 1.82) is 0 Å². The van der Waals surface area contributed by atoms with Crippen molar-refractivity contribution in [3.8, 4) is 11.5 Å². The molecule has 2 aliphatic rings. The van der Waals surface area contributed by atoms with Crippen molar-refractivity contribution in [2.75, 3.05) is 26.2 Å². The predicted molar refractivity (Wildman–Crippen MR) is 116 cm³/mol. The lowest BCUT2D eigenvalue weighted by atomic mass is 9.96. The van der Waals surface area contributed by atoms with E-state index in [9.17, 15) is 9.59 Å². The second-order valence-electron chi connectivity index (χ2n) is 8.52. The summed E-state index contributed by atoms with van der Waals surface area (Å²) in [5.74, 6) is 0.997. The van der Waals surface area contributed by atoms with E-state index in [4.69, 9.17) is 4.42 Å². The number of amides is 3. The number of urea groups is 1. The zero-order valence-electron chi connectivity index (χ0n) is 18.2. The lowest BCUT2D eigenvalue weighted by Gasteiger charge is -2.36. The maximum atomic E-state index is 12.6. The molecule has 0 atom stereocenters. The average molecular weight is 426 g/mol. The second-order valence-corrected chi connectivity index (χ2v) is 8.52. The smallest absolute Gasteiger partial charge is 0.317 e. The Kier molecular flexibility index (Phi) is 6.84. The van der Waals surface area contributed by atoms with Crippen molar-refractivity contribution >= 4 is 11.9 Å². The summed E-state index contributed by atoms with van der Waals surface area (Å²) >= 11 is 0. The largest absolute Gasteiger partial charge is 0.421 e. The average Bonchev–Trinajstić information content (AvgIpc) is 3.28. The number of nitrogens with one attached hydrogen (secondary N) is 1. The number of hydrogen-bond acceptors (Lipinski definition) is 5. The topological polar surface area (TPSA) is 91.6 Å². The number of carbonyl (C=O) groups is 2. The molecule has 1 aliphatic heterocycles. The van der Waals surface area contributed by atoms with Gasteiger partial charge in [0.05, 0.1) is 0 Å². The molecular weight excluding hydrogens is 394 g/mol. The fourth-order valence-electron chi connectivity index (χ4n) is 4.21. The van der Waals surface area contributed by atoms with E-state index in [2.05, 4.69) is 15.5 Å². The van der Waals surface area contributed by atoms with Crippen molar-refractivity contribution < 1.29 is 14.0 Å². The minimum atomic E-state index is 0.00786. The molecule has 0 radical (unpaired) electrons. The molecule has 31 heavy (non-hydrogen) atoms. The lowest BCUT2D eigenvalue weighted by molar-refractivity contribution is -0.132. The molecule has 1 aromatic heterocycles. The monoisotopic (exact) mass is 425 g/mol. The molecule has 1 N–H and O–H groups in total. The van der Waals surface area contributed by atoms with E-state index in [1.807, 2.05) is 41.0 Å². The van der Waals surface area contributed by atoms with Crippen LogP contribution in [0.15, 0.2) is 28.7 Å². The van der Waals surface area contributed by atoms with Gasteiger partial charge in [-0.25, -0.2) is 4.79 Å². The molecule has 4 rings (SSSR count). The van der Waals surface area contributed by atoms with E-state index >= 15 is 0 Å². The molecule has 2 fully saturated rings. The number of carbonyl (C=O) groups excluding carboxylic acids is 2. The van der Waals surface area contributed by atoms with Crippen molar-refractivity contribution in [3.63, 3.8) is 0 Å². The molecule has 166 valence electrons. The maximum Gasteiger partial charge on any atom is 0.317 e. The summed E-state index contributed by atoms with van der Waals surface area (Å²) in [5.41, 5.74) is 2.04. The summed E-state index contributed by atoms with van der Waals surface area (Å²) < 4.78 is 5.71. The van der Waals surface area contributed by atoms with Crippen molar-refractivity contribution in [3.05, 3.63) is 35.7 Å². The maximum absolute atomic E-state index is 12.6. The van der Waals surface area contributed by atoms with Crippen LogP contribution >= 0.6 is 0 Å². The molecule has 0 spiro atoms. The minimum absolute atomic E-state index is 0.00786. The Morgan fingerprint density at radius 2 is 1.68 bits per heavy atom. The summed E-state index contributed by atoms with van der Waals surface area (Å²) in [6.07, 6.45) is 6.55. The van der Waals surface area contributed by atoms with E-state index in [-0.39, 0.29) is 11.9 Å². The first-order valence-electron chi connectivity index (χ1n) is 11.3. The molecule has 2 heterocycles. The first-order valence-corrected chi connectivity index (χ1v) is 11.3. The molecule has 3 amide bonds. The zero-order valence-corrected chi connectivity index (χ0v) is 18.2. The molecule has 1 saturated heterocycles. The first kappa shape index (κ1) is 21.3. The summed E-state index contributed by atoms with van der Waals surface area (Å²) in [5, 5.41) is 11.3. The van der Waals surface area contributed by atoms with E-state index in [0.717, 1.165) is 18.4 Å². The van der Waals surface area contributed by atoms with Crippen LogP contribution in [0.5, 0.6) is 0 Å².